The van der Waals surface area contributed by atoms with E-state index < -0.39 is 0 Å². The Labute approximate surface area is 96.1 Å². The van der Waals surface area contributed by atoms with Crippen LogP contribution in [0, 0.1) is 12.3 Å². The van der Waals surface area contributed by atoms with E-state index in [-0.39, 0.29) is 6.04 Å². The van der Waals surface area contributed by atoms with Crippen molar-refractivity contribution >= 4 is 10.9 Å². The van der Waals surface area contributed by atoms with Gasteiger partial charge in [-0.2, -0.15) is 0 Å². The van der Waals surface area contributed by atoms with Crippen LogP contribution >= 0.6 is 0 Å². The van der Waals surface area contributed by atoms with Crippen LogP contribution in [0.15, 0.2) is 30.5 Å². The topological polar surface area (TPSA) is 27.8 Å². The number of benzene rings is 1. The van der Waals surface area contributed by atoms with Crippen molar-refractivity contribution in [3.63, 3.8) is 0 Å². The fraction of sp³-hybridized carbons (Fsp3) is 0.286. The summed E-state index contributed by atoms with van der Waals surface area (Å²) in [6, 6.07) is 8.65. The Morgan fingerprint density at radius 1 is 1.44 bits per heavy atom. The van der Waals surface area contributed by atoms with Gasteiger partial charge in [-0.3, -0.25) is 5.32 Å². The minimum Gasteiger partial charge on any atom is -0.361 e. The second kappa shape index (κ2) is 4.87. The molecule has 2 nitrogen and oxygen atoms in total. The molecule has 2 heteroatoms. The smallest absolute Gasteiger partial charge is 0.0686 e. The van der Waals surface area contributed by atoms with Gasteiger partial charge in [-0.15, -0.1) is 6.42 Å². The molecule has 0 spiro atoms. The third-order valence-electron chi connectivity index (χ3n) is 2.78. The maximum Gasteiger partial charge on any atom is 0.0686 e. The minimum absolute atomic E-state index is 0.168. The van der Waals surface area contributed by atoms with E-state index in [9.17, 15) is 0 Å². The maximum absolute atomic E-state index is 5.40. The van der Waals surface area contributed by atoms with Crippen molar-refractivity contribution in [2.45, 2.75) is 25.9 Å². The minimum atomic E-state index is 0.168. The molecule has 1 heterocycles. The average Bonchev–Trinajstić information content (AvgIpc) is 2.77. The van der Waals surface area contributed by atoms with Gasteiger partial charge in [0.05, 0.1) is 6.04 Å². The number of rotatable bonds is 4. The quantitative estimate of drug-likeness (QED) is 0.749. The van der Waals surface area contributed by atoms with Crippen molar-refractivity contribution < 1.29 is 0 Å². The lowest BCUT2D eigenvalue weighted by Crippen LogP contribution is -2.25. The Kier molecular flexibility index (Phi) is 3.28. The van der Waals surface area contributed by atoms with Crippen LogP contribution in [-0.2, 0) is 6.54 Å². The summed E-state index contributed by atoms with van der Waals surface area (Å²) in [5.41, 5.74) is 2.44. The molecule has 0 radical (unpaired) electrons. The molecule has 1 unspecified atom stereocenters. The summed E-state index contributed by atoms with van der Waals surface area (Å²) < 4.78 is 0. The molecule has 2 N–H and O–H groups in total. The second-order valence-electron chi connectivity index (χ2n) is 3.91. The summed E-state index contributed by atoms with van der Waals surface area (Å²) in [4.78, 5) is 3.18. The molecule has 0 bridgehead atoms. The third-order valence-corrected chi connectivity index (χ3v) is 2.78. The molecule has 82 valence electrons. The van der Waals surface area contributed by atoms with Crippen molar-refractivity contribution in [3.8, 4) is 12.3 Å². The van der Waals surface area contributed by atoms with Crippen molar-refractivity contribution in [1.82, 2.24) is 10.3 Å². The number of hydrogen-bond donors (Lipinski definition) is 2. The van der Waals surface area contributed by atoms with Crippen LogP contribution in [0.5, 0.6) is 0 Å². The van der Waals surface area contributed by atoms with Gasteiger partial charge in [0.15, 0.2) is 0 Å². The molecule has 1 atom stereocenters. The van der Waals surface area contributed by atoms with Crippen LogP contribution in [0.2, 0.25) is 0 Å². The molecule has 0 amide bonds. The van der Waals surface area contributed by atoms with Crippen LogP contribution in [0.4, 0.5) is 0 Å². The van der Waals surface area contributed by atoms with Crippen LogP contribution in [-0.4, -0.2) is 11.0 Å². The summed E-state index contributed by atoms with van der Waals surface area (Å²) in [6.45, 7) is 2.91. The van der Waals surface area contributed by atoms with E-state index in [2.05, 4.69) is 47.4 Å². The van der Waals surface area contributed by atoms with Crippen LogP contribution in [0.3, 0.4) is 0 Å². The molecule has 16 heavy (non-hydrogen) atoms. The highest BCUT2D eigenvalue weighted by Crippen LogP contribution is 2.14. The SMILES string of the molecule is C#CC(CC)NCc1ccc2[nH]ccc2c1. The Hall–Kier alpha value is -1.72. The van der Waals surface area contributed by atoms with Crippen molar-refractivity contribution in [1.29, 1.82) is 0 Å². The number of nitrogens with one attached hydrogen (secondary N) is 2. The molecule has 0 aliphatic heterocycles. The fourth-order valence-corrected chi connectivity index (χ4v) is 1.77. The van der Waals surface area contributed by atoms with E-state index in [0.717, 1.165) is 13.0 Å². The number of hydrogen-bond acceptors (Lipinski definition) is 1. The van der Waals surface area contributed by atoms with Crippen molar-refractivity contribution in [3.05, 3.63) is 36.0 Å². The van der Waals surface area contributed by atoms with Crippen molar-refractivity contribution in [2.75, 3.05) is 0 Å². The Bertz CT molecular complexity index is 505. The van der Waals surface area contributed by atoms with Gasteiger partial charge in [0.1, 0.15) is 0 Å². The van der Waals surface area contributed by atoms with E-state index in [1.165, 1.54) is 16.5 Å². The van der Waals surface area contributed by atoms with Gasteiger partial charge in [-0.25, -0.2) is 0 Å². The molecule has 0 aliphatic carbocycles. The van der Waals surface area contributed by atoms with Crippen molar-refractivity contribution in [2.24, 2.45) is 0 Å². The highest BCUT2D eigenvalue weighted by atomic mass is 14.9. The first kappa shape index (κ1) is 10.8. The van der Waals surface area contributed by atoms with Gasteiger partial charge in [-0.05, 0) is 35.6 Å². The zero-order valence-electron chi connectivity index (χ0n) is 9.46. The van der Waals surface area contributed by atoms with Gasteiger partial charge >= 0.3 is 0 Å². The van der Waals surface area contributed by atoms with Crippen LogP contribution in [0.25, 0.3) is 10.9 Å². The number of terminal acetylenes is 1. The lowest BCUT2D eigenvalue weighted by atomic mass is 10.1. The highest BCUT2D eigenvalue weighted by molar-refractivity contribution is 5.79. The van der Waals surface area contributed by atoms with Gasteiger partial charge in [0.25, 0.3) is 0 Å². The summed E-state index contributed by atoms with van der Waals surface area (Å²) in [5.74, 6) is 2.74. The molecular formula is C14H16N2. The van der Waals surface area contributed by atoms with Crippen LogP contribution < -0.4 is 5.32 Å². The van der Waals surface area contributed by atoms with Gasteiger partial charge in [0, 0.05) is 18.3 Å². The third kappa shape index (κ3) is 2.26. The summed E-state index contributed by atoms with van der Waals surface area (Å²) in [5, 5.41) is 4.59. The first-order valence-electron chi connectivity index (χ1n) is 5.59. The molecule has 2 aromatic rings. The monoisotopic (exact) mass is 212 g/mol. The number of H-pyrrole nitrogens is 1. The van der Waals surface area contributed by atoms with Gasteiger partial charge < -0.3 is 4.98 Å². The predicted molar refractivity (Wildman–Crippen MR) is 68.1 cm³/mol. The summed E-state index contributed by atoms with van der Waals surface area (Å²) >= 11 is 0. The zero-order chi connectivity index (χ0) is 11.4. The molecule has 0 aliphatic rings. The highest BCUT2D eigenvalue weighted by Gasteiger charge is 2.01. The summed E-state index contributed by atoms with van der Waals surface area (Å²) in [7, 11) is 0. The van der Waals surface area contributed by atoms with E-state index in [4.69, 9.17) is 6.42 Å². The lowest BCUT2D eigenvalue weighted by Gasteiger charge is -2.10. The molecule has 0 saturated carbocycles. The van der Waals surface area contributed by atoms with E-state index in [0.29, 0.717) is 0 Å². The molecule has 0 saturated heterocycles. The number of fused-ring (bicyclic) bond motifs is 1. The average molecular weight is 212 g/mol. The van der Waals surface area contributed by atoms with Gasteiger partial charge in [0.2, 0.25) is 0 Å². The first-order chi connectivity index (χ1) is 7.83. The maximum atomic E-state index is 5.40. The standard InChI is InChI=1S/C14H16N2/c1-3-13(4-2)16-10-11-5-6-14-12(9-11)7-8-15-14/h1,5-9,13,15-16H,4,10H2,2H3. The number of aromatic nitrogens is 1. The second-order valence-corrected chi connectivity index (χ2v) is 3.91. The van der Waals surface area contributed by atoms with Crippen LogP contribution in [0.1, 0.15) is 18.9 Å². The lowest BCUT2D eigenvalue weighted by molar-refractivity contribution is 0.593. The fourth-order valence-electron chi connectivity index (χ4n) is 1.77. The van der Waals surface area contributed by atoms with E-state index in [1.807, 2.05) is 6.20 Å². The Morgan fingerprint density at radius 2 is 2.31 bits per heavy atom. The molecular weight excluding hydrogens is 196 g/mol. The largest absolute Gasteiger partial charge is 0.361 e. The Morgan fingerprint density at radius 3 is 3.06 bits per heavy atom. The van der Waals surface area contributed by atoms with E-state index >= 15 is 0 Å². The number of aromatic amines is 1. The molecule has 1 aromatic heterocycles. The van der Waals surface area contributed by atoms with E-state index in [1.54, 1.807) is 0 Å². The Balaban J connectivity index is 2.07. The van der Waals surface area contributed by atoms with Gasteiger partial charge in [-0.1, -0.05) is 18.9 Å². The predicted octanol–water partition coefficient (Wildman–Crippen LogP) is 2.67. The molecule has 2 rings (SSSR count). The summed E-state index contributed by atoms with van der Waals surface area (Å²) in [6.07, 6.45) is 8.32. The first-order valence-corrected chi connectivity index (χ1v) is 5.59. The zero-order valence-corrected chi connectivity index (χ0v) is 9.46. The molecule has 1 aromatic carbocycles. The normalized spacial score (nSPS) is 12.5. The molecule has 0 fully saturated rings.